The molecule has 0 saturated carbocycles. The summed E-state index contributed by atoms with van der Waals surface area (Å²) in [6.07, 6.45) is 1.05. The SMILES string of the molecule is CCc1cc(OC)c2c(c1)C(O)CC(C)(C)O2. The van der Waals surface area contributed by atoms with E-state index in [1.54, 1.807) is 7.11 Å². The molecule has 94 valence electrons. The van der Waals surface area contributed by atoms with E-state index in [1.807, 2.05) is 26.0 Å². The predicted octanol–water partition coefficient (Wildman–Crippen LogP) is 2.85. The number of hydrogen-bond donors (Lipinski definition) is 1. The van der Waals surface area contributed by atoms with Gasteiger partial charge in [0.1, 0.15) is 5.60 Å². The van der Waals surface area contributed by atoms with E-state index in [-0.39, 0.29) is 5.60 Å². The average molecular weight is 236 g/mol. The number of aliphatic hydroxyl groups is 1. The van der Waals surface area contributed by atoms with Crippen LogP contribution < -0.4 is 9.47 Å². The minimum Gasteiger partial charge on any atom is -0.493 e. The van der Waals surface area contributed by atoms with Crippen LogP contribution in [-0.4, -0.2) is 17.8 Å². The Labute approximate surface area is 102 Å². The number of rotatable bonds is 2. The molecule has 0 fully saturated rings. The Balaban J connectivity index is 2.54. The smallest absolute Gasteiger partial charge is 0.167 e. The maximum absolute atomic E-state index is 10.2. The zero-order valence-electron chi connectivity index (χ0n) is 10.9. The van der Waals surface area contributed by atoms with E-state index in [0.717, 1.165) is 17.5 Å². The Hall–Kier alpha value is -1.22. The molecule has 1 aromatic rings. The molecule has 0 bridgehead atoms. The Morgan fingerprint density at radius 3 is 2.76 bits per heavy atom. The second-order valence-corrected chi connectivity index (χ2v) is 5.15. The minimum absolute atomic E-state index is 0.354. The molecule has 3 nitrogen and oxygen atoms in total. The van der Waals surface area contributed by atoms with E-state index >= 15 is 0 Å². The number of aryl methyl sites for hydroxylation is 1. The molecule has 0 radical (unpaired) electrons. The van der Waals surface area contributed by atoms with Crippen molar-refractivity contribution in [3.8, 4) is 11.5 Å². The van der Waals surface area contributed by atoms with Crippen molar-refractivity contribution in [3.63, 3.8) is 0 Å². The van der Waals surface area contributed by atoms with Crippen molar-refractivity contribution in [2.45, 2.75) is 45.3 Å². The van der Waals surface area contributed by atoms with Crippen molar-refractivity contribution in [2.24, 2.45) is 0 Å². The quantitative estimate of drug-likeness (QED) is 0.858. The molecule has 1 aliphatic rings. The molecule has 3 heteroatoms. The fraction of sp³-hybridized carbons (Fsp3) is 0.571. The van der Waals surface area contributed by atoms with Gasteiger partial charge in [0.25, 0.3) is 0 Å². The first-order valence-corrected chi connectivity index (χ1v) is 6.04. The Bertz CT molecular complexity index is 424. The van der Waals surface area contributed by atoms with E-state index in [9.17, 15) is 5.11 Å². The Morgan fingerprint density at radius 2 is 2.18 bits per heavy atom. The fourth-order valence-corrected chi connectivity index (χ4v) is 2.29. The summed E-state index contributed by atoms with van der Waals surface area (Å²) in [6, 6.07) is 3.99. The summed E-state index contributed by atoms with van der Waals surface area (Å²) in [5.41, 5.74) is 1.65. The fourth-order valence-electron chi connectivity index (χ4n) is 2.29. The van der Waals surface area contributed by atoms with Gasteiger partial charge in [-0.1, -0.05) is 6.92 Å². The molecule has 1 atom stereocenters. The first-order valence-electron chi connectivity index (χ1n) is 6.04. The second kappa shape index (κ2) is 4.22. The van der Waals surface area contributed by atoms with Gasteiger partial charge in [0.2, 0.25) is 0 Å². The van der Waals surface area contributed by atoms with Crippen LogP contribution in [0.3, 0.4) is 0 Å². The van der Waals surface area contributed by atoms with Gasteiger partial charge in [0.15, 0.2) is 11.5 Å². The number of ether oxygens (including phenoxy) is 2. The first kappa shape index (κ1) is 12.2. The highest BCUT2D eigenvalue weighted by molar-refractivity contribution is 5.52. The number of methoxy groups -OCH3 is 1. The van der Waals surface area contributed by atoms with Crippen LogP contribution in [0.4, 0.5) is 0 Å². The molecule has 1 N–H and O–H groups in total. The standard InChI is InChI=1S/C14H20O3/c1-5-9-6-10-11(15)8-14(2,3)17-13(10)12(7-9)16-4/h6-7,11,15H,5,8H2,1-4H3. The van der Waals surface area contributed by atoms with Crippen LogP contribution in [0.2, 0.25) is 0 Å². The summed E-state index contributed by atoms with van der Waals surface area (Å²) in [4.78, 5) is 0. The van der Waals surface area contributed by atoms with Crippen molar-refractivity contribution < 1.29 is 14.6 Å². The summed E-state index contributed by atoms with van der Waals surface area (Å²) in [5.74, 6) is 1.40. The lowest BCUT2D eigenvalue weighted by Crippen LogP contribution is -2.35. The van der Waals surface area contributed by atoms with Gasteiger partial charge in [-0.05, 0) is 38.0 Å². The van der Waals surface area contributed by atoms with Gasteiger partial charge in [-0.15, -0.1) is 0 Å². The molecule has 0 spiro atoms. The van der Waals surface area contributed by atoms with Crippen LogP contribution in [0.25, 0.3) is 0 Å². The van der Waals surface area contributed by atoms with E-state index in [2.05, 4.69) is 6.92 Å². The molecule has 1 aliphatic heterocycles. The van der Waals surface area contributed by atoms with Crippen molar-refractivity contribution in [2.75, 3.05) is 7.11 Å². The lowest BCUT2D eigenvalue weighted by atomic mass is 9.90. The van der Waals surface area contributed by atoms with Gasteiger partial charge in [0, 0.05) is 12.0 Å². The number of fused-ring (bicyclic) bond motifs is 1. The zero-order valence-corrected chi connectivity index (χ0v) is 10.9. The number of benzene rings is 1. The third kappa shape index (κ3) is 2.25. The predicted molar refractivity (Wildman–Crippen MR) is 66.7 cm³/mol. The van der Waals surface area contributed by atoms with Crippen molar-refractivity contribution in [3.05, 3.63) is 23.3 Å². The molecule has 17 heavy (non-hydrogen) atoms. The average Bonchev–Trinajstić information content (AvgIpc) is 2.26. The summed E-state index contributed by atoms with van der Waals surface area (Å²) < 4.78 is 11.3. The van der Waals surface area contributed by atoms with E-state index in [4.69, 9.17) is 9.47 Å². The van der Waals surface area contributed by atoms with Crippen LogP contribution in [0.5, 0.6) is 11.5 Å². The molecular formula is C14H20O3. The molecule has 2 rings (SSSR count). The third-order valence-corrected chi connectivity index (χ3v) is 3.19. The van der Waals surface area contributed by atoms with E-state index in [1.165, 1.54) is 0 Å². The van der Waals surface area contributed by atoms with Crippen molar-refractivity contribution >= 4 is 0 Å². The van der Waals surface area contributed by atoms with Crippen LogP contribution in [0, 0.1) is 0 Å². The molecule has 0 aromatic heterocycles. The zero-order chi connectivity index (χ0) is 12.6. The monoisotopic (exact) mass is 236 g/mol. The Kier molecular flexibility index (Phi) is 3.04. The molecule has 1 unspecified atom stereocenters. The van der Waals surface area contributed by atoms with Gasteiger partial charge in [0.05, 0.1) is 13.2 Å². The van der Waals surface area contributed by atoms with E-state index < -0.39 is 6.10 Å². The number of aliphatic hydroxyl groups excluding tert-OH is 1. The van der Waals surface area contributed by atoms with Gasteiger partial charge in [-0.2, -0.15) is 0 Å². The maximum Gasteiger partial charge on any atom is 0.167 e. The number of hydrogen-bond acceptors (Lipinski definition) is 3. The highest BCUT2D eigenvalue weighted by atomic mass is 16.5. The third-order valence-electron chi connectivity index (χ3n) is 3.19. The summed E-state index contributed by atoms with van der Waals surface area (Å²) in [5, 5.41) is 10.2. The van der Waals surface area contributed by atoms with Crippen LogP contribution >= 0.6 is 0 Å². The molecule has 0 saturated heterocycles. The first-order chi connectivity index (χ1) is 7.96. The lowest BCUT2D eigenvalue weighted by Gasteiger charge is -2.36. The summed E-state index contributed by atoms with van der Waals surface area (Å²) >= 11 is 0. The molecule has 1 aromatic carbocycles. The van der Waals surface area contributed by atoms with Gasteiger partial charge in [-0.3, -0.25) is 0 Å². The second-order valence-electron chi connectivity index (χ2n) is 5.15. The molecule has 0 aliphatic carbocycles. The van der Waals surface area contributed by atoms with Crippen molar-refractivity contribution in [1.29, 1.82) is 0 Å². The molecule has 0 amide bonds. The highest BCUT2D eigenvalue weighted by Gasteiger charge is 2.34. The van der Waals surface area contributed by atoms with Crippen LogP contribution in [-0.2, 0) is 6.42 Å². The summed E-state index contributed by atoms with van der Waals surface area (Å²) in [6.45, 7) is 6.04. The molecule has 1 heterocycles. The summed E-state index contributed by atoms with van der Waals surface area (Å²) in [7, 11) is 1.63. The topological polar surface area (TPSA) is 38.7 Å². The lowest BCUT2D eigenvalue weighted by molar-refractivity contribution is 0.00919. The van der Waals surface area contributed by atoms with Gasteiger partial charge >= 0.3 is 0 Å². The largest absolute Gasteiger partial charge is 0.493 e. The van der Waals surface area contributed by atoms with Crippen LogP contribution in [0.1, 0.15) is 44.4 Å². The van der Waals surface area contributed by atoms with Crippen molar-refractivity contribution in [1.82, 2.24) is 0 Å². The van der Waals surface area contributed by atoms with Gasteiger partial charge < -0.3 is 14.6 Å². The maximum atomic E-state index is 10.2. The van der Waals surface area contributed by atoms with E-state index in [0.29, 0.717) is 17.9 Å². The minimum atomic E-state index is -0.478. The normalized spacial score (nSPS) is 21.6. The van der Waals surface area contributed by atoms with Gasteiger partial charge in [-0.25, -0.2) is 0 Å². The molecular weight excluding hydrogens is 216 g/mol. The Morgan fingerprint density at radius 1 is 1.47 bits per heavy atom. The highest BCUT2D eigenvalue weighted by Crippen LogP contribution is 2.45. The van der Waals surface area contributed by atoms with Crippen LogP contribution in [0.15, 0.2) is 12.1 Å².